The molecular weight excluding hydrogens is 540 g/mol. The topological polar surface area (TPSA) is 92.3 Å². The van der Waals surface area contributed by atoms with Gasteiger partial charge < -0.3 is 18.6 Å². The molecule has 39 heavy (non-hydrogen) atoms. The van der Waals surface area contributed by atoms with Gasteiger partial charge in [0, 0.05) is 16.7 Å². The maximum Gasteiger partial charge on any atom is 0.338 e. The number of thiazole rings is 1. The van der Waals surface area contributed by atoms with Crippen molar-refractivity contribution >= 4 is 35.0 Å². The number of nitrogens with zero attached hydrogens (tertiary/aromatic N) is 2. The summed E-state index contributed by atoms with van der Waals surface area (Å²) in [7, 11) is 0. The van der Waals surface area contributed by atoms with Gasteiger partial charge in [0.2, 0.25) is 6.79 Å². The molecule has 1 atom stereocenters. The highest BCUT2D eigenvalue weighted by atomic mass is 35.5. The number of fused-ring (bicyclic) bond motifs is 2. The Bertz CT molecular complexity index is 1850. The number of carbonyl (C=O) groups excluding carboxylic acids is 1. The minimum Gasteiger partial charge on any atom is -0.463 e. The van der Waals surface area contributed by atoms with Crippen LogP contribution in [0.5, 0.6) is 11.5 Å². The van der Waals surface area contributed by atoms with E-state index in [-0.39, 0.29) is 19.0 Å². The fourth-order valence-electron chi connectivity index (χ4n) is 4.75. The Morgan fingerprint density at radius 3 is 2.79 bits per heavy atom. The molecule has 0 saturated heterocycles. The quantitative estimate of drug-likeness (QED) is 0.326. The van der Waals surface area contributed by atoms with Gasteiger partial charge in [0.25, 0.3) is 5.56 Å². The molecule has 0 N–H and O–H groups in total. The van der Waals surface area contributed by atoms with E-state index < -0.39 is 12.0 Å². The van der Waals surface area contributed by atoms with Gasteiger partial charge in [-0.25, -0.2) is 9.79 Å². The van der Waals surface area contributed by atoms with Crippen LogP contribution in [-0.2, 0) is 9.53 Å². The molecule has 0 fully saturated rings. The van der Waals surface area contributed by atoms with Crippen LogP contribution in [0, 0.1) is 6.92 Å². The average Bonchev–Trinajstić information content (AvgIpc) is 3.64. The van der Waals surface area contributed by atoms with Gasteiger partial charge in [-0.2, -0.15) is 0 Å². The van der Waals surface area contributed by atoms with Crippen LogP contribution in [0.3, 0.4) is 0 Å². The van der Waals surface area contributed by atoms with Crippen molar-refractivity contribution in [1.29, 1.82) is 0 Å². The lowest BCUT2D eigenvalue weighted by molar-refractivity contribution is -0.139. The minimum absolute atomic E-state index is 0.112. The van der Waals surface area contributed by atoms with Crippen LogP contribution in [0.2, 0.25) is 5.02 Å². The summed E-state index contributed by atoms with van der Waals surface area (Å²) in [6, 6.07) is 13.9. The first-order valence-corrected chi connectivity index (χ1v) is 13.5. The second kappa shape index (κ2) is 9.91. The van der Waals surface area contributed by atoms with E-state index in [0.29, 0.717) is 54.2 Å². The third kappa shape index (κ3) is 4.47. The van der Waals surface area contributed by atoms with Crippen molar-refractivity contribution in [3.63, 3.8) is 0 Å². The number of aromatic nitrogens is 1. The van der Waals surface area contributed by atoms with Crippen molar-refractivity contribution in [3.05, 3.63) is 101 Å². The highest BCUT2D eigenvalue weighted by Gasteiger charge is 2.34. The van der Waals surface area contributed by atoms with Crippen LogP contribution in [0.15, 0.2) is 74.0 Å². The number of allylic oxidation sites excluding steroid dienone is 1. The summed E-state index contributed by atoms with van der Waals surface area (Å²) in [4.78, 5) is 32.0. The molecule has 4 heterocycles. The van der Waals surface area contributed by atoms with Crippen LogP contribution in [-0.4, -0.2) is 23.9 Å². The maximum atomic E-state index is 13.8. The Labute approximate surface area is 232 Å². The molecule has 0 amide bonds. The largest absolute Gasteiger partial charge is 0.463 e. The summed E-state index contributed by atoms with van der Waals surface area (Å²) < 4.78 is 24.4. The Morgan fingerprint density at radius 1 is 1.15 bits per heavy atom. The first-order chi connectivity index (χ1) is 18.8. The van der Waals surface area contributed by atoms with Gasteiger partial charge in [-0.3, -0.25) is 9.36 Å². The van der Waals surface area contributed by atoms with E-state index in [0.717, 1.165) is 11.1 Å². The van der Waals surface area contributed by atoms with Crippen LogP contribution in [0.25, 0.3) is 17.4 Å². The van der Waals surface area contributed by atoms with E-state index >= 15 is 0 Å². The molecule has 8 nitrogen and oxygen atoms in total. The predicted octanol–water partition coefficient (Wildman–Crippen LogP) is 4.75. The third-order valence-corrected chi connectivity index (χ3v) is 7.81. The van der Waals surface area contributed by atoms with E-state index in [4.69, 9.17) is 30.2 Å². The molecule has 1 unspecified atom stereocenters. The lowest BCUT2D eigenvalue weighted by Crippen LogP contribution is -2.39. The second-order valence-corrected chi connectivity index (χ2v) is 10.5. The van der Waals surface area contributed by atoms with Crippen molar-refractivity contribution in [1.82, 2.24) is 4.57 Å². The maximum absolute atomic E-state index is 13.8. The predicted molar refractivity (Wildman–Crippen MR) is 147 cm³/mol. The van der Waals surface area contributed by atoms with Gasteiger partial charge in [0.1, 0.15) is 11.5 Å². The summed E-state index contributed by atoms with van der Waals surface area (Å²) in [6.07, 6.45) is 1.69. The number of benzene rings is 2. The summed E-state index contributed by atoms with van der Waals surface area (Å²) in [5.41, 5.74) is 3.06. The summed E-state index contributed by atoms with van der Waals surface area (Å²) >= 11 is 7.42. The van der Waals surface area contributed by atoms with Crippen LogP contribution in [0.4, 0.5) is 0 Å². The zero-order valence-electron chi connectivity index (χ0n) is 21.3. The third-order valence-electron chi connectivity index (χ3n) is 6.59. The van der Waals surface area contributed by atoms with Crippen molar-refractivity contribution in [2.24, 2.45) is 4.99 Å². The van der Waals surface area contributed by atoms with Gasteiger partial charge in [-0.1, -0.05) is 35.1 Å². The van der Waals surface area contributed by atoms with Crippen LogP contribution in [0.1, 0.15) is 36.8 Å². The van der Waals surface area contributed by atoms with Crippen molar-refractivity contribution in [3.8, 4) is 22.8 Å². The molecule has 0 radical (unpaired) electrons. The second-order valence-electron chi connectivity index (χ2n) is 9.08. The Balaban J connectivity index is 1.48. The molecule has 6 rings (SSSR count). The monoisotopic (exact) mass is 562 g/mol. The van der Waals surface area contributed by atoms with Crippen molar-refractivity contribution in [2.45, 2.75) is 26.8 Å². The van der Waals surface area contributed by atoms with E-state index in [1.807, 2.05) is 37.3 Å². The summed E-state index contributed by atoms with van der Waals surface area (Å²) in [5.74, 6) is 1.78. The van der Waals surface area contributed by atoms with Gasteiger partial charge in [-0.15, -0.1) is 0 Å². The van der Waals surface area contributed by atoms with Crippen molar-refractivity contribution in [2.75, 3.05) is 13.4 Å². The first-order valence-electron chi connectivity index (χ1n) is 12.3. The number of esters is 1. The fourth-order valence-corrected chi connectivity index (χ4v) is 5.95. The van der Waals surface area contributed by atoms with E-state index in [9.17, 15) is 9.59 Å². The van der Waals surface area contributed by atoms with Crippen LogP contribution >= 0.6 is 22.9 Å². The molecule has 2 aromatic carbocycles. The molecule has 198 valence electrons. The van der Waals surface area contributed by atoms with Gasteiger partial charge >= 0.3 is 5.97 Å². The molecular formula is C29H23ClN2O6S. The van der Waals surface area contributed by atoms with Gasteiger partial charge in [-0.05, 0) is 68.3 Å². The molecule has 0 bridgehead atoms. The average molecular weight is 563 g/mol. The number of carbonyl (C=O) groups is 1. The zero-order chi connectivity index (χ0) is 27.3. The molecule has 2 aromatic heterocycles. The number of rotatable bonds is 5. The number of hydrogen-bond acceptors (Lipinski definition) is 8. The van der Waals surface area contributed by atoms with E-state index in [1.165, 1.54) is 15.9 Å². The zero-order valence-corrected chi connectivity index (χ0v) is 22.9. The lowest BCUT2D eigenvalue weighted by atomic mass is 9.95. The van der Waals surface area contributed by atoms with Crippen molar-refractivity contribution < 1.29 is 23.4 Å². The standard InChI is InChI=1S/C29H23ClN2O6S/c1-4-35-28(34)25-16(3)31-29-32(26(25)17-6-9-22-23(11-17)37-14-36-22)27(33)24(39-29)13-19-8-10-21(38-19)20-12-18(30)7-5-15(20)2/h5-13,26H,4,14H2,1-3H3. The lowest BCUT2D eigenvalue weighted by Gasteiger charge is -2.24. The molecule has 2 aliphatic heterocycles. The number of hydrogen-bond donors (Lipinski definition) is 0. The molecule has 0 saturated carbocycles. The SMILES string of the molecule is CCOC(=O)C1=C(C)N=c2sc(=Cc3ccc(-c4cc(Cl)ccc4C)o3)c(=O)n2C1c1ccc2c(c1)OCO2. The summed E-state index contributed by atoms with van der Waals surface area (Å²) in [6.45, 7) is 5.77. The van der Waals surface area contributed by atoms with E-state index in [1.54, 1.807) is 38.1 Å². The molecule has 0 spiro atoms. The summed E-state index contributed by atoms with van der Waals surface area (Å²) in [5, 5.41) is 0.609. The highest BCUT2D eigenvalue weighted by Crippen LogP contribution is 2.38. The highest BCUT2D eigenvalue weighted by molar-refractivity contribution is 7.07. The fraction of sp³-hybridized carbons (Fsp3) is 0.207. The molecule has 0 aliphatic carbocycles. The Hall–Kier alpha value is -4.08. The minimum atomic E-state index is -0.752. The molecule has 10 heteroatoms. The van der Waals surface area contributed by atoms with E-state index in [2.05, 4.69) is 4.99 Å². The first kappa shape index (κ1) is 25.2. The smallest absolute Gasteiger partial charge is 0.338 e. The number of furan rings is 1. The number of halogens is 1. The normalized spacial score (nSPS) is 16.3. The number of ether oxygens (including phenoxy) is 3. The Morgan fingerprint density at radius 2 is 1.97 bits per heavy atom. The van der Waals surface area contributed by atoms with Crippen LogP contribution < -0.4 is 24.4 Å². The Kier molecular flexibility index (Phi) is 6.40. The number of aryl methyl sites for hydroxylation is 1. The molecule has 4 aromatic rings. The van der Waals surface area contributed by atoms with Gasteiger partial charge in [0.15, 0.2) is 16.3 Å². The molecule has 2 aliphatic rings. The van der Waals surface area contributed by atoms with Gasteiger partial charge in [0.05, 0.1) is 28.5 Å².